The zero-order chi connectivity index (χ0) is 21.1. The van der Waals surface area contributed by atoms with Crippen LogP contribution in [0.25, 0.3) is 0 Å². The first-order chi connectivity index (χ1) is 13.7. The van der Waals surface area contributed by atoms with Gasteiger partial charge in [0.15, 0.2) is 10.5 Å². The maximum atomic E-state index is 13.7. The number of hydrogen-bond donors (Lipinski definition) is 0. The number of carbonyl (C=O) groups is 2. The van der Waals surface area contributed by atoms with Crippen LogP contribution in [0.5, 0.6) is 0 Å². The molecular formula is C20H24N4O4S. The molecule has 1 aromatic rings. The van der Waals surface area contributed by atoms with Gasteiger partial charge in [-0.15, -0.1) is 0 Å². The van der Waals surface area contributed by atoms with E-state index in [-0.39, 0.29) is 35.1 Å². The highest BCUT2D eigenvalue weighted by atomic mass is 32.1. The smallest absolute Gasteiger partial charge is 0.269 e. The second-order valence-corrected chi connectivity index (χ2v) is 8.62. The number of hydrogen-bond acceptors (Lipinski definition) is 6. The molecule has 0 radical (unpaired) electrons. The van der Waals surface area contributed by atoms with Crippen molar-refractivity contribution < 1.29 is 14.5 Å². The molecule has 2 amide bonds. The van der Waals surface area contributed by atoms with Crippen LogP contribution in [-0.4, -0.2) is 57.8 Å². The van der Waals surface area contributed by atoms with Crippen LogP contribution >= 0.6 is 12.2 Å². The lowest BCUT2D eigenvalue weighted by atomic mass is 9.64. The number of amides is 2. The van der Waals surface area contributed by atoms with Crippen molar-refractivity contribution in [3.63, 3.8) is 0 Å². The van der Waals surface area contributed by atoms with Gasteiger partial charge >= 0.3 is 0 Å². The molecule has 0 unspecified atom stereocenters. The first kappa shape index (κ1) is 19.8. The lowest BCUT2D eigenvalue weighted by Gasteiger charge is -2.56. The van der Waals surface area contributed by atoms with E-state index >= 15 is 0 Å². The van der Waals surface area contributed by atoms with Gasteiger partial charge in [-0.2, -0.15) is 0 Å². The average molecular weight is 417 g/mol. The van der Waals surface area contributed by atoms with Gasteiger partial charge in [0, 0.05) is 44.4 Å². The Bertz CT molecular complexity index is 935. The molecule has 3 heterocycles. The minimum atomic E-state index is -1.32. The molecule has 3 atom stereocenters. The van der Waals surface area contributed by atoms with Gasteiger partial charge < -0.3 is 4.90 Å². The molecule has 1 aromatic carbocycles. The number of rotatable bonds is 2. The maximum absolute atomic E-state index is 13.7. The molecule has 0 N–H and O–H groups in total. The topological polar surface area (TPSA) is 87.0 Å². The van der Waals surface area contributed by atoms with Gasteiger partial charge in [0.2, 0.25) is 11.8 Å². The van der Waals surface area contributed by atoms with Crippen molar-refractivity contribution in [2.45, 2.75) is 39.2 Å². The number of anilines is 1. The molecule has 4 rings (SSSR count). The molecule has 2 fully saturated rings. The lowest BCUT2D eigenvalue weighted by Crippen LogP contribution is -2.72. The summed E-state index contributed by atoms with van der Waals surface area (Å²) < 4.78 is 0. The summed E-state index contributed by atoms with van der Waals surface area (Å²) >= 11 is 5.37. The summed E-state index contributed by atoms with van der Waals surface area (Å²) in [5.74, 6) is -0.213. The first-order valence-corrected chi connectivity index (χ1v) is 10.3. The number of non-ortho nitro benzene ring substituents is 1. The number of thiocarbonyl (C=S) groups is 1. The molecule has 0 bridgehead atoms. The van der Waals surface area contributed by atoms with Crippen molar-refractivity contribution in [3.05, 3.63) is 33.9 Å². The van der Waals surface area contributed by atoms with Crippen molar-refractivity contribution in [1.82, 2.24) is 9.80 Å². The highest BCUT2D eigenvalue weighted by Crippen LogP contribution is 2.50. The predicted octanol–water partition coefficient (Wildman–Crippen LogP) is 2.35. The highest BCUT2D eigenvalue weighted by molar-refractivity contribution is 7.80. The number of carbonyl (C=O) groups excluding carboxylic acids is 2. The predicted molar refractivity (Wildman–Crippen MR) is 112 cm³/mol. The average Bonchev–Trinajstić information content (AvgIpc) is 2.70. The summed E-state index contributed by atoms with van der Waals surface area (Å²) in [5, 5.41) is 11.5. The van der Waals surface area contributed by atoms with Crippen LogP contribution in [0.3, 0.4) is 0 Å². The van der Waals surface area contributed by atoms with Gasteiger partial charge in [-0.25, -0.2) is 0 Å². The van der Waals surface area contributed by atoms with Crippen molar-refractivity contribution in [1.29, 1.82) is 0 Å². The van der Waals surface area contributed by atoms with Crippen LogP contribution in [0.4, 0.5) is 11.4 Å². The second-order valence-electron chi connectivity index (χ2n) is 8.25. The standard InChI is InChI=1S/C20H24N4O4S/c1-4-22-18(26)20(17(25)21(3)19(22)29)11-13-10-14(24(27)28)5-6-15(13)23-8-7-12(2)9-16(20)23/h5-6,10,12,16H,4,7-9,11H2,1-3H3/t12-,16+,20+/m1/s1. The number of nitro benzene ring substituents is 1. The Balaban J connectivity index is 1.93. The zero-order valence-electron chi connectivity index (χ0n) is 16.8. The fraction of sp³-hybridized carbons (Fsp3) is 0.550. The highest BCUT2D eigenvalue weighted by Gasteiger charge is 2.63. The Morgan fingerprint density at radius 1 is 1.31 bits per heavy atom. The molecule has 8 nitrogen and oxygen atoms in total. The number of nitrogens with zero attached hydrogens (tertiary/aromatic N) is 4. The minimum Gasteiger partial charge on any atom is -0.367 e. The molecule has 0 saturated carbocycles. The van der Waals surface area contributed by atoms with E-state index in [4.69, 9.17) is 12.2 Å². The third kappa shape index (κ3) is 2.67. The minimum absolute atomic E-state index is 0.0327. The van der Waals surface area contributed by atoms with E-state index in [1.807, 2.05) is 6.92 Å². The Hall–Kier alpha value is -2.55. The van der Waals surface area contributed by atoms with Crippen LogP contribution < -0.4 is 4.90 Å². The van der Waals surface area contributed by atoms with E-state index in [9.17, 15) is 19.7 Å². The molecule has 2 saturated heterocycles. The van der Waals surface area contributed by atoms with E-state index in [0.717, 1.165) is 12.1 Å². The maximum Gasteiger partial charge on any atom is 0.269 e. The van der Waals surface area contributed by atoms with E-state index in [1.165, 1.54) is 21.9 Å². The molecule has 29 heavy (non-hydrogen) atoms. The third-order valence-corrected chi connectivity index (χ3v) is 7.13. The van der Waals surface area contributed by atoms with Gasteiger partial charge in [0.05, 0.1) is 11.0 Å². The monoisotopic (exact) mass is 416 g/mol. The van der Waals surface area contributed by atoms with Gasteiger partial charge in [-0.05, 0) is 49.5 Å². The van der Waals surface area contributed by atoms with Gasteiger partial charge in [-0.3, -0.25) is 29.5 Å². The Kier molecular flexibility index (Phi) is 4.60. The Labute approximate surface area is 174 Å². The van der Waals surface area contributed by atoms with E-state index in [0.29, 0.717) is 31.0 Å². The second kappa shape index (κ2) is 6.76. The van der Waals surface area contributed by atoms with Crippen LogP contribution in [0.1, 0.15) is 32.3 Å². The fourth-order valence-corrected chi connectivity index (χ4v) is 5.42. The molecule has 154 valence electrons. The van der Waals surface area contributed by atoms with Crippen molar-refractivity contribution in [3.8, 4) is 0 Å². The van der Waals surface area contributed by atoms with E-state index in [2.05, 4.69) is 11.8 Å². The van der Waals surface area contributed by atoms with Gasteiger partial charge in [-0.1, -0.05) is 6.92 Å². The molecule has 1 spiro atoms. The third-order valence-electron chi connectivity index (χ3n) is 6.63. The molecule has 3 aliphatic rings. The quantitative estimate of drug-likeness (QED) is 0.318. The van der Waals surface area contributed by atoms with Gasteiger partial charge in [0.25, 0.3) is 5.69 Å². The molecule has 0 aromatic heterocycles. The molecule has 9 heteroatoms. The van der Waals surface area contributed by atoms with Crippen LogP contribution in [0.15, 0.2) is 18.2 Å². The molecular weight excluding hydrogens is 392 g/mol. The zero-order valence-corrected chi connectivity index (χ0v) is 17.6. The summed E-state index contributed by atoms with van der Waals surface area (Å²) in [6.45, 7) is 5.06. The van der Waals surface area contributed by atoms with Crippen molar-refractivity contribution in [2.75, 3.05) is 25.0 Å². The van der Waals surface area contributed by atoms with Crippen LogP contribution in [0.2, 0.25) is 0 Å². The summed E-state index contributed by atoms with van der Waals surface area (Å²) in [6, 6.07) is 4.47. The normalized spacial score (nSPS) is 29.2. The van der Waals surface area contributed by atoms with E-state index in [1.54, 1.807) is 13.1 Å². The largest absolute Gasteiger partial charge is 0.367 e. The number of nitro groups is 1. The van der Waals surface area contributed by atoms with Crippen LogP contribution in [0, 0.1) is 21.4 Å². The van der Waals surface area contributed by atoms with Crippen LogP contribution in [-0.2, 0) is 16.0 Å². The SMILES string of the molecule is CCN1C(=O)[C@]2(Cc3cc([N+](=O)[O-])ccc3N3CC[C@@H](C)C[C@H]32)C(=O)N(C)C1=S. The summed E-state index contributed by atoms with van der Waals surface area (Å²) in [5.41, 5.74) is 0.209. The molecule has 0 aliphatic carbocycles. The van der Waals surface area contributed by atoms with Gasteiger partial charge in [0.1, 0.15) is 0 Å². The number of benzene rings is 1. The number of fused-ring (bicyclic) bond motifs is 4. The Morgan fingerprint density at radius 2 is 2.03 bits per heavy atom. The summed E-state index contributed by atoms with van der Waals surface area (Å²) in [7, 11) is 1.61. The van der Waals surface area contributed by atoms with Crippen molar-refractivity contribution >= 4 is 40.5 Å². The summed E-state index contributed by atoms with van der Waals surface area (Å²) in [4.78, 5) is 43.2. The fourth-order valence-electron chi connectivity index (χ4n) is 5.12. The summed E-state index contributed by atoms with van der Waals surface area (Å²) in [6.07, 6.45) is 1.81. The van der Waals surface area contributed by atoms with E-state index < -0.39 is 10.3 Å². The first-order valence-electron chi connectivity index (χ1n) is 9.90. The molecule has 3 aliphatic heterocycles. The Morgan fingerprint density at radius 3 is 2.69 bits per heavy atom. The lowest BCUT2D eigenvalue weighted by molar-refractivity contribution is -0.384. The number of piperidine rings is 1. The van der Waals surface area contributed by atoms with Crippen molar-refractivity contribution in [2.24, 2.45) is 11.3 Å².